The van der Waals surface area contributed by atoms with Crippen LogP contribution in [-0.4, -0.2) is 31.1 Å². The number of carbonyl (C=O) groups is 2. The lowest BCUT2D eigenvalue weighted by Gasteiger charge is -2.02. The van der Waals surface area contributed by atoms with Crippen molar-refractivity contribution in [3.63, 3.8) is 0 Å². The van der Waals surface area contributed by atoms with Crippen molar-refractivity contribution in [3.05, 3.63) is 46.6 Å². The Bertz CT molecular complexity index is 683. The van der Waals surface area contributed by atoms with E-state index in [-0.39, 0.29) is 11.3 Å². The Hall–Kier alpha value is -2.56. The van der Waals surface area contributed by atoms with Gasteiger partial charge in [-0.2, -0.15) is 0 Å². The minimum absolute atomic E-state index is 0.109. The summed E-state index contributed by atoms with van der Waals surface area (Å²) < 4.78 is 9.47. The van der Waals surface area contributed by atoms with E-state index in [1.807, 2.05) is 31.2 Å². The van der Waals surface area contributed by atoms with Crippen LogP contribution < -0.4 is 0 Å². The molecule has 0 atom stereocenters. The SMILES string of the molecule is COC(=O)c1[nH]c(-c2ccc(C)cc2)c(C)c1C(=O)OC. The van der Waals surface area contributed by atoms with Crippen LogP contribution in [0, 0.1) is 13.8 Å². The van der Waals surface area contributed by atoms with Gasteiger partial charge in [0.1, 0.15) is 5.69 Å². The normalized spacial score (nSPS) is 10.3. The molecule has 1 aromatic carbocycles. The number of hydrogen-bond donors (Lipinski definition) is 1. The molecule has 1 aromatic heterocycles. The molecule has 5 heteroatoms. The molecule has 21 heavy (non-hydrogen) atoms. The Labute approximate surface area is 122 Å². The number of H-pyrrole nitrogens is 1. The number of nitrogens with one attached hydrogen (secondary N) is 1. The molecule has 0 unspecified atom stereocenters. The zero-order chi connectivity index (χ0) is 15.6. The third kappa shape index (κ3) is 2.67. The summed E-state index contributed by atoms with van der Waals surface area (Å²) >= 11 is 0. The number of aryl methyl sites for hydroxylation is 1. The molecular weight excluding hydrogens is 270 g/mol. The van der Waals surface area contributed by atoms with Crippen molar-refractivity contribution in [1.29, 1.82) is 0 Å². The van der Waals surface area contributed by atoms with Crippen molar-refractivity contribution in [1.82, 2.24) is 4.98 Å². The Kier molecular flexibility index (Phi) is 4.12. The summed E-state index contributed by atoms with van der Waals surface area (Å²) in [6.45, 7) is 3.76. The van der Waals surface area contributed by atoms with E-state index in [2.05, 4.69) is 4.98 Å². The molecule has 0 saturated carbocycles. The Balaban J connectivity index is 2.63. The second-order valence-electron chi connectivity index (χ2n) is 4.72. The largest absolute Gasteiger partial charge is 0.465 e. The van der Waals surface area contributed by atoms with E-state index in [9.17, 15) is 9.59 Å². The van der Waals surface area contributed by atoms with Crippen LogP contribution in [0.2, 0.25) is 0 Å². The summed E-state index contributed by atoms with van der Waals surface area (Å²) in [7, 11) is 2.55. The van der Waals surface area contributed by atoms with Crippen LogP contribution in [0.15, 0.2) is 24.3 Å². The Morgan fingerprint density at radius 3 is 2.05 bits per heavy atom. The maximum absolute atomic E-state index is 11.9. The molecule has 2 aromatic rings. The van der Waals surface area contributed by atoms with Gasteiger partial charge in [0.05, 0.1) is 19.8 Å². The Morgan fingerprint density at radius 1 is 0.952 bits per heavy atom. The highest BCUT2D eigenvalue weighted by atomic mass is 16.5. The topological polar surface area (TPSA) is 68.4 Å². The number of rotatable bonds is 3. The minimum Gasteiger partial charge on any atom is -0.465 e. The van der Waals surface area contributed by atoms with Crippen molar-refractivity contribution in [2.45, 2.75) is 13.8 Å². The first kappa shape index (κ1) is 14.8. The molecule has 0 saturated heterocycles. The lowest BCUT2D eigenvalue weighted by molar-refractivity contribution is 0.0551. The van der Waals surface area contributed by atoms with Crippen molar-refractivity contribution in [2.75, 3.05) is 14.2 Å². The smallest absolute Gasteiger partial charge is 0.355 e. The summed E-state index contributed by atoms with van der Waals surface area (Å²) in [6, 6.07) is 7.78. The quantitative estimate of drug-likeness (QED) is 0.881. The summed E-state index contributed by atoms with van der Waals surface area (Å²) in [5.41, 5.74) is 3.70. The first-order valence-electron chi connectivity index (χ1n) is 6.45. The lowest BCUT2D eigenvalue weighted by atomic mass is 10.0. The number of aromatic amines is 1. The maximum Gasteiger partial charge on any atom is 0.355 e. The fourth-order valence-corrected chi connectivity index (χ4v) is 2.22. The van der Waals surface area contributed by atoms with Crippen LogP contribution in [0.5, 0.6) is 0 Å². The van der Waals surface area contributed by atoms with Gasteiger partial charge in [-0.25, -0.2) is 9.59 Å². The second kappa shape index (κ2) is 5.83. The van der Waals surface area contributed by atoms with Crippen molar-refractivity contribution < 1.29 is 19.1 Å². The number of aromatic nitrogens is 1. The van der Waals surface area contributed by atoms with Gasteiger partial charge >= 0.3 is 11.9 Å². The van der Waals surface area contributed by atoms with E-state index in [0.29, 0.717) is 11.3 Å². The first-order valence-corrected chi connectivity index (χ1v) is 6.45. The molecule has 110 valence electrons. The monoisotopic (exact) mass is 287 g/mol. The van der Waals surface area contributed by atoms with Gasteiger partial charge in [0.2, 0.25) is 0 Å². The van der Waals surface area contributed by atoms with Gasteiger partial charge in [-0.3, -0.25) is 0 Å². The molecule has 0 aliphatic heterocycles. The fourth-order valence-electron chi connectivity index (χ4n) is 2.22. The summed E-state index contributed by atoms with van der Waals surface area (Å²) in [5, 5.41) is 0. The van der Waals surface area contributed by atoms with Crippen LogP contribution >= 0.6 is 0 Å². The van der Waals surface area contributed by atoms with E-state index in [4.69, 9.17) is 9.47 Å². The van der Waals surface area contributed by atoms with Gasteiger partial charge in [0.15, 0.2) is 0 Å². The van der Waals surface area contributed by atoms with E-state index in [1.165, 1.54) is 14.2 Å². The molecule has 1 heterocycles. The molecule has 2 rings (SSSR count). The molecule has 0 aliphatic rings. The molecule has 0 spiro atoms. The molecule has 1 N–H and O–H groups in total. The Morgan fingerprint density at radius 2 is 1.52 bits per heavy atom. The summed E-state index contributed by atoms with van der Waals surface area (Å²) in [5.74, 6) is -1.17. The van der Waals surface area contributed by atoms with Crippen LogP contribution in [0.4, 0.5) is 0 Å². The molecule has 0 amide bonds. The third-order valence-electron chi connectivity index (χ3n) is 3.37. The molecular formula is C16H17NO4. The zero-order valence-electron chi connectivity index (χ0n) is 12.4. The summed E-state index contributed by atoms with van der Waals surface area (Å²) in [6.07, 6.45) is 0. The van der Waals surface area contributed by atoms with Gasteiger partial charge in [0, 0.05) is 5.69 Å². The van der Waals surface area contributed by atoms with Crippen LogP contribution in [0.3, 0.4) is 0 Å². The molecule has 0 aliphatic carbocycles. The minimum atomic E-state index is -0.600. The number of benzene rings is 1. The molecule has 0 radical (unpaired) electrons. The number of ether oxygens (including phenoxy) is 2. The predicted octanol–water partition coefficient (Wildman–Crippen LogP) is 2.87. The van der Waals surface area contributed by atoms with E-state index in [1.54, 1.807) is 6.92 Å². The zero-order valence-corrected chi connectivity index (χ0v) is 12.4. The van der Waals surface area contributed by atoms with E-state index in [0.717, 1.165) is 11.1 Å². The maximum atomic E-state index is 11.9. The number of carbonyl (C=O) groups excluding carboxylic acids is 2. The average molecular weight is 287 g/mol. The van der Waals surface area contributed by atoms with E-state index < -0.39 is 11.9 Å². The third-order valence-corrected chi connectivity index (χ3v) is 3.37. The van der Waals surface area contributed by atoms with Gasteiger partial charge in [0.25, 0.3) is 0 Å². The van der Waals surface area contributed by atoms with Gasteiger partial charge in [-0.05, 0) is 25.0 Å². The van der Waals surface area contributed by atoms with Crippen molar-refractivity contribution in [3.8, 4) is 11.3 Å². The van der Waals surface area contributed by atoms with Gasteiger partial charge < -0.3 is 14.5 Å². The predicted molar refractivity (Wildman–Crippen MR) is 78.4 cm³/mol. The fraction of sp³-hybridized carbons (Fsp3) is 0.250. The molecule has 5 nitrogen and oxygen atoms in total. The molecule has 0 bridgehead atoms. The highest BCUT2D eigenvalue weighted by molar-refractivity contribution is 6.05. The van der Waals surface area contributed by atoms with Gasteiger partial charge in [-0.15, -0.1) is 0 Å². The van der Waals surface area contributed by atoms with Crippen LogP contribution in [-0.2, 0) is 9.47 Å². The number of methoxy groups -OCH3 is 2. The van der Waals surface area contributed by atoms with E-state index >= 15 is 0 Å². The average Bonchev–Trinajstić information content (AvgIpc) is 2.84. The second-order valence-corrected chi connectivity index (χ2v) is 4.72. The van der Waals surface area contributed by atoms with Gasteiger partial charge in [-0.1, -0.05) is 29.8 Å². The highest BCUT2D eigenvalue weighted by Crippen LogP contribution is 2.28. The summed E-state index contributed by atoms with van der Waals surface area (Å²) in [4.78, 5) is 26.7. The number of hydrogen-bond acceptors (Lipinski definition) is 4. The first-order chi connectivity index (χ1) is 9.99. The lowest BCUT2D eigenvalue weighted by Crippen LogP contribution is -2.11. The van der Waals surface area contributed by atoms with Crippen LogP contribution in [0.25, 0.3) is 11.3 Å². The van der Waals surface area contributed by atoms with Crippen LogP contribution in [0.1, 0.15) is 32.0 Å². The van der Waals surface area contributed by atoms with Crippen molar-refractivity contribution >= 4 is 11.9 Å². The van der Waals surface area contributed by atoms with Crippen molar-refractivity contribution in [2.24, 2.45) is 0 Å². The molecule has 0 fully saturated rings. The standard InChI is InChI=1S/C16H17NO4/c1-9-5-7-11(8-6-9)13-10(2)12(15(18)20-3)14(17-13)16(19)21-4/h5-8,17H,1-4H3. The highest BCUT2D eigenvalue weighted by Gasteiger charge is 2.26. The number of esters is 2.